The van der Waals surface area contributed by atoms with Crippen LogP contribution in [-0.2, 0) is 6.54 Å². The number of nitrogens with zero attached hydrogens (tertiary/aromatic N) is 5. The van der Waals surface area contributed by atoms with Gasteiger partial charge in [0.15, 0.2) is 0 Å². The first-order chi connectivity index (χ1) is 10.1. The molecule has 0 amide bonds. The summed E-state index contributed by atoms with van der Waals surface area (Å²) >= 11 is 12.0. The summed E-state index contributed by atoms with van der Waals surface area (Å²) in [5.74, 6) is 0.797. The first kappa shape index (κ1) is 14.0. The smallest absolute Gasteiger partial charge is 0.249 e. The van der Waals surface area contributed by atoms with Crippen LogP contribution in [0, 0.1) is 0 Å². The Morgan fingerprint density at radius 1 is 1.24 bits per heavy atom. The van der Waals surface area contributed by atoms with Gasteiger partial charge in [0.1, 0.15) is 12.2 Å². The molecule has 3 rings (SSSR count). The maximum absolute atomic E-state index is 6.10. The van der Waals surface area contributed by atoms with Gasteiger partial charge in [0.25, 0.3) is 0 Å². The van der Waals surface area contributed by atoms with Crippen molar-refractivity contribution in [1.29, 1.82) is 0 Å². The molecule has 2 heterocycles. The van der Waals surface area contributed by atoms with Crippen molar-refractivity contribution in [3.05, 3.63) is 47.1 Å². The number of benzene rings is 1. The van der Waals surface area contributed by atoms with E-state index < -0.39 is 0 Å². The third-order valence-electron chi connectivity index (χ3n) is 2.83. The predicted octanol–water partition coefficient (Wildman–Crippen LogP) is 3.33. The molecular formula is C13H11Cl2N5O. The van der Waals surface area contributed by atoms with E-state index in [0.717, 1.165) is 0 Å². The van der Waals surface area contributed by atoms with E-state index in [9.17, 15) is 0 Å². The molecule has 1 atom stereocenters. The van der Waals surface area contributed by atoms with E-state index in [1.165, 1.54) is 0 Å². The molecule has 1 unspecified atom stereocenters. The van der Waals surface area contributed by atoms with Gasteiger partial charge in [-0.1, -0.05) is 28.9 Å². The second-order valence-electron chi connectivity index (χ2n) is 4.44. The minimum Gasteiger partial charge on any atom is -0.419 e. The van der Waals surface area contributed by atoms with Crippen molar-refractivity contribution >= 4 is 23.2 Å². The summed E-state index contributed by atoms with van der Waals surface area (Å²) in [6.45, 7) is 2.16. The monoisotopic (exact) mass is 323 g/mol. The molecule has 0 radical (unpaired) electrons. The lowest BCUT2D eigenvalue weighted by molar-refractivity contribution is 0.469. The lowest BCUT2D eigenvalue weighted by Crippen LogP contribution is -2.00. The number of halogens is 2. The first-order valence-electron chi connectivity index (χ1n) is 6.25. The van der Waals surface area contributed by atoms with Gasteiger partial charge in [-0.25, -0.2) is 4.68 Å². The summed E-state index contributed by atoms with van der Waals surface area (Å²) in [5.41, 5.74) is 1.40. The van der Waals surface area contributed by atoms with Gasteiger partial charge >= 0.3 is 0 Å². The molecule has 0 aliphatic heterocycles. The van der Waals surface area contributed by atoms with Crippen molar-refractivity contribution in [2.75, 3.05) is 0 Å². The van der Waals surface area contributed by atoms with Crippen LogP contribution in [0.2, 0.25) is 5.02 Å². The quantitative estimate of drug-likeness (QED) is 0.689. The van der Waals surface area contributed by atoms with E-state index >= 15 is 0 Å². The van der Waals surface area contributed by atoms with E-state index in [4.69, 9.17) is 27.6 Å². The van der Waals surface area contributed by atoms with Crippen LogP contribution in [0.25, 0.3) is 11.5 Å². The Kier molecular flexibility index (Phi) is 3.90. The maximum atomic E-state index is 6.10. The van der Waals surface area contributed by atoms with E-state index in [1.54, 1.807) is 16.9 Å². The fourth-order valence-corrected chi connectivity index (χ4v) is 2.09. The van der Waals surface area contributed by atoms with E-state index in [2.05, 4.69) is 20.5 Å². The van der Waals surface area contributed by atoms with Crippen LogP contribution in [0.4, 0.5) is 0 Å². The highest BCUT2D eigenvalue weighted by atomic mass is 35.5. The Bertz CT molecular complexity index is 752. The van der Waals surface area contributed by atoms with E-state index in [0.29, 0.717) is 34.6 Å². The van der Waals surface area contributed by atoms with Crippen LogP contribution in [-0.4, -0.2) is 25.2 Å². The van der Waals surface area contributed by atoms with Crippen LogP contribution in [0.5, 0.6) is 0 Å². The Morgan fingerprint density at radius 2 is 2.05 bits per heavy atom. The lowest BCUT2D eigenvalue weighted by atomic mass is 10.2. The highest BCUT2D eigenvalue weighted by Gasteiger charge is 2.13. The van der Waals surface area contributed by atoms with Crippen LogP contribution in [0.3, 0.4) is 0 Å². The average Bonchev–Trinajstić information content (AvgIpc) is 3.09. The van der Waals surface area contributed by atoms with Crippen LogP contribution in [0.15, 0.2) is 34.9 Å². The number of hydrogen-bond donors (Lipinski definition) is 0. The number of hydrogen-bond acceptors (Lipinski definition) is 5. The molecule has 0 N–H and O–H groups in total. The fraction of sp³-hybridized carbons (Fsp3) is 0.231. The molecule has 1 aromatic carbocycles. The summed E-state index contributed by atoms with van der Waals surface area (Å²) in [4.78, 5) is 0. The zero-order valence-corrected chi connectivity index (χ0v) is 12.6. The predicted molar refractivity (Wildman–Crippen MR) is 78.1 cm³/mol. The van der Waals surface area contributed by atoms with Crippen molar-refractivity contribution < 1.29 is 4.42 Å². The molecule has 6 nitrogen and oxygen atoms in total. The zero-order valence-electron chi connectivity index (χ0n) is 11.1. The van der Waals surface area contributed by atoms with Gasteiger partial charge in [-0.3, -0.25) is 0 Å². The molecule has 8 heteroatoms. The van der Waals surface area contributed by atoms with Crippen molar-refractivity contribution in [3.8, 4) is 11.5 Å². The van der Waals surface area contributed by atoms with Crippen LogP contribution < -0.4 is 0 Å². The fourth-order valence-electron chi connectivity index (χ4n) is 1.77. The molecule has 0 saturated carbocycles. The second-order valence-corrected chi connectivity index (χ2v) is 5.50. The van der Waals surface area contributed by atoms with Crippen molar-refractivity contribution in [2.45, 2.75) is 18.8 Å². The van der Waals surface area contributed by atoms with Gasteiger partial charge in [0.05, 0.1) is 22.2 Å². The maximum Gasteiger partial charge on any atom is 0.249 e. The molecule has 2 aromatic heterocycles. The molecule has 3 aromatic rings. The number of alkyl halides is 1. The van der Waals surface area contributed by atoms with Crippen LogP contribution >= 0.6 is 23.2 Å². The molecule has 108 valence electrons. The first-order valence-corrected chi connectivity index (χ1v) is 7.06. The molecule has 0 saturated heterocycles. The van der Waals surface area contributed by atoms with Crippen molar-refractivity contribution in [2.24, 2.45) is 0 Å². The minimum absolute atomic E-state index is 0.194. The van der Waals surface area contributed by atoms with Gasteiger partial charge < -0.3 is 4.42 Å². The molecule has 0 aliphatic carbocycles. The molecule has 0 spiro atoms. The number of rotatable bonds is 4. The molecule has 21 heavy (non-hydrogen) atoms. The largest absolute Gasteiger partial charge is 0.419 e. The Hall–Kier alpha value is -1.92. The van der Waals surface area contributed by atoms with Gasteiger partial charge in [-0.2, -0.15) is 0 Å². The topological polar surface area (TPSA) is 69.6 Å². The average molecular weight is 324 g/mol. The van der Waals surface area contributed by atoms with Gasteiger partial charge in [0.2, 0.25) is 11.8 Å². The molecular weight excluding hydrogens is 313 g/mol. The second kappa shape index (κ2) is 5.83. The van der Waals surface area contributed by atoms with Gasteiger partial charge in [0, 0.05) is 0 Å². The zero-order chi connectivity index (χ0) is 14.8. The lowest BCUT2D eigenvalue weighted by Gasteiger charge is -1.97. The summed E-state index contributed by atoms with van der Waals surface area (Å²) < 4.78 is 7.19. The summed E-state index contributed by atoms with van der Waals surface area (Å²) in [7, 11) is 0. The van der Waals surface area contributed by atoms with Gasteiger partial charge in [-0.15, -0.1) is 26.9 Å². The normalized spacial score (nSPS) is 12.5. The summed E-state index contributed by atoms with van der Waals surface area (Å²) in [6, 6.07) is 7.29. The molecule has 0 fully saturated rings. The minimum atomic E-state index is -0.194. The number of aromatic nitrogens is 5. The third kappa shape index (κ3) is 3.06. The van der Waals surface area contributed by atoms with Crippen LogP contribution in [0.1, 0.15) is 23.9 Å². The Balaban J connectivity index is 1.80. The van der Waals surface area contributed by atoms with Crippen molar-refractivity contribution in [1.82, 2.24) is 25.2 Å². The van der Waals surface area contributed by atoms with Gasteiger partial charge in [-0.05, 0) is 19.1 Å². The molecule has 0 bridgehead atoms. The Labute approximate surface area is 130 Å². The van der Waals surface area contributed by atoms with Crippen molar-refractivity contribution in [3.63, 3.8) is 0 Å². The summed E-state index contributed by atoms with van der Waals surface area (Å²) in [6.07, 6.45) is 1.75. The third-order valence-corrected chi connectivity index (χ3v) is 3.39. The Morgan fingerprint density at radius 3 is 2.76 bits per heavy atom. The summed E-state index contributed by atoms with van der Waals surface area (Å²) in [5, 5.41) is 16.3. The highest BCUT2D eigenvalue weighted by molar-refractivity contribution is 6.33. The SMILES string of the molecule is CC(Cl)c1cn(Cc2nnc(-c3ccccc3Cl)o2)nn1. The van der Waals surface area contributed by atoms with E-state index in [1.807, 2.05) is 25.1 Å². The van der Waals surface area contributed by atoms with E-state index in [-0.39, 0.29) is 5.38 Å². The molecule has 0 aliphatic rings. The highest BCUT2D eigenvalue weighted by Crippen LogP contribution is 2.26. The standard InChI is InChI=1S/C13H11Cl2N5O/c1-8(14)11-6-20(19-16-11)7-12-17-18-13(21-12)9-4-2-3-5-10(9)15/h2-6,8H,7H2,1H3.